The lowest BCUT2D eigenvalue weighted by Gasteiger charge is -2.14. The summed E-state index contributed by atoms with van der Waals surface area (Å²) in [7, 11) is 0. The molecule has 20 heavy (non-hydrogen) atoms. The summed E-state index contributed by atoms with van der Waals surface area (Å²) in [5, 5.41) is 9.96. The second kappa shape index (κ2) is 6.50. The molecule has 3 nitrogen and oxygen atoms in total. The van der Waals surface area contributed by atoms with Gasteiger partial charge in [0.05, 0.1) is 0 Å². The minimum atomic E-state index is -0.743. The lowest BCUT2D eigenvalue weighted by Crippen LogP contribution is -2.11. The highest BCUT2D eigenvalue weighted by molar-refractivity contribution is 5.30. The van der Waals surface area contributed by atoms with E-state index in [1.807, 2.05) is 30.3 Å². The molecule has 0 spiro atoms. The first-order valence-electron chi connectivity index (χ1n) is 6.48. The van der Waals surface area contributed by atoms with Gasteiger partial charge in [-0.3, -0.25) is 0 Å². The first-order chi connectivity index (χ1) is 9.58. The van der Waals surface area contributed by atoms with Gasteiger partial charge in [0.2, 0.25) is 0 Å². The average molecular weight is 275 g/mol. The summed E-state index contributed by atoms with van der Waals surface area (Å²) in [5.41, 5.74) is 6.85. The molecule has 0 heterocycles. The van der Waals surface area contributed by atoms with E-state index in [2.05, 4.69) is 0 Å². The van der Waals surface area contributed by atoms with Gasteiger partial charge in [-0.2, -0.15) is 0 Å². The monoisotopic (exact) mass is 275 g/mol. The van der Waals surface area contributed by atoms with E-state index in [9.17, 15) is 9.50 Å². The highest BCUT2D eigenvalue weighted by Crippen LogP contribution is 2.22. The molecule has 0 saturated heterocycles. The molecule has 0 radical (unpaired) electrons. The molecule has 0 bridgehead atoms. The summed E-state index contributed by atoms with van der Waals surface area (Å²) in [6, 6.07) is 13.4. The van der Waals surface area contributed by atoms with Crippen LogP contribution in [0.5, 0.6) is 5.75 Å². The van der Waals surface area contributed by atoms with Crippen molar-refractivity contribution < 1.29 is 14.2 Å². The molecule has 0 aromatic heterocycles. The predicted molar refractivity (Wildman–Crippen MR) is 75.9 cm³/mol. The standard InChI is InChI=1S/C16H18FNO2/c1-11(18)14-8-7-13(9-15(14)17)20-10-16(19)12-5-3-2-4-6-12/h2-9,11,16,19H,10,18H2,1H3. The fraction of sp³-hybridized carbons (Fsp3) is 0.250. The number of halogens is 1. The Kier molecular flexibility index (Phi) is 4.71. The maximum atomic E-state index is 13.7. The minimum absolute atomic E-state index is 0.0704. The molecule has 0 aliphatic heterocycles. The zero-order valence-electron chi connectivity index (χ0n) is 11.3. The molecule has 0 saturated carbocycles. The topological polar surface area (TPSA) is 55.5 Å². The van der Waals surface area contributed by atoms with E-state index in [0.717, 1.165) is 5.56 Å². The maximum absolute atomic E-state index is 13.7. The van der Waals surface area contributed by atoms with E-state index in [1.165, 1.54) is 6.07 Å². The van der Waals surface area contributed by atoms with Crippen LogP contribution in [0.3, 0.4) is 0 Å². The maximum Gasteiger partial charge on any atom is 0.131 e. The number of hydrogen-bond acceptors (Lipinski definition) is 3. The van der Waals surface area contributed by atoms with Gasteiger partial charge < -0.3 is 15.6 Å². The van der Waals surface area contributed by atoms with Crippen LogP contribution in [0, 0.1) is 5.82 Å². The molecule has 0 amide bonds. The molecule has 3 N–H and O–H groups in total. The molecule has 106 valence electrons. The largest absolute Gasteiger partial charge is 0.490 e. The van der Waals surface area contributed by atoms with Crippen LogP contribution in [0.15, 0.2) is 48.5 Å². The van der Waals surface area contributed by atoms with E-state index in [4.69, 9.17) is 10.5 Å². The highest BCUT2D eigenvalue weighted by atomic mass is 19.1. The van der Waals surface area contributed by atoms with Crippen LogP contribution in [-0.2, 0) is 0 Å². The fourth-order valence-corrected chi connectivity index (χ4v) is 1.91. The first kappa shape index (κ1) is 14.5. The van der Waals surface area contributed by atoms with Crippen molar-refractivity contribution in [2.75, 3.05) is 6.61 Å². The Morgan fingerprint density at radius 3 is 2.50 bits per heavy atom. The molecule has 0 aliphatic carbocycles. The number of aliphatic hydroxyl groups excluding tert-OH is 1. The van der Waals surface area contributed by atoms with Crippen molar-refractivity contribution in [2.24, 2.45) is 5.73 Å². The average Bonchev–Trinajstić information content (AvgIpc) is 2.45. The molecular weight excluding hydrogens is 257 g/mol. The molecule has 2 aromatic rings. The van der Waals surface area contributed by atoms with Crippen molar-refractivity contribution in [1.29, 1.82) is 0 Å². The Morgan fingerprint density at radius 2 is 1.90 bits per heavy atom. The molecule has 2 rings (SSSR count). The zero-order chi connectivity index (χ0) is 14.5. The summed E-state index contributed by atoms with van der Waals surface area (Å²) in [6.07, 6.45) is -0.743. The molecule has 2 unspecified atom stereocenters. The van der Waals surface area contributed by atoms with E-state index in [0.29, 0.717) is 11.3 Å². The van der Waals surface area contributed by atoms with Crippen molar-refractivity contribution in [3.63, 3.8) is 0 Å². The van der Waals surface area contributed by atoms with Crippen LogP contribution in [0.1, 0.15) is 30.2 Å². The van der Waals surface area contributed by atoms with Crippen LogP contribution in [-0.4, -0.2) is 11.7 Å². The van der Waals surface area contributed by atoms with Crippen LogP contribution >= 0.6 is 0 Å². The summed E-state index contributed by atoms with van der Waals surface area (Å²) in [6.45, 7) is 1.79. The van der Waals surface area contributed by atoms with E-state index < -0.39 is 11.9 Å². The lowest BCUT2D eigenvalue weighted by molar-refractivity contribution is 0.108. The van der Waals surface area contributed by atoms with Crippen molar-refractivity contribution in [3.05, 3.63) is 65.5 Å². The molecule has 2 aromatic carbocycles. The lowest BCUT2D eigenvalue weighted by atomic mass is 10.1. The SMILES string of the molecule is CC(N)c1ccc(OCC(O)c2ccccc2)cc1F. The van der Waals surface area contributed by atoms with Gasteiger partial charge >= 0.3 is 0 Å². The van der Waals surface area contributed by atoms with Gasteiger partial charge in [-0.05, 0) is 18.6 Å². The minimum Gasteiger partial charge on any atom is -0.490 e. The van der Waals surface area contributed by atoms with Gasteiger partial charge in [-0.15, -0.1) is 0 Å². The number of ether oxygens (including phenoxy) is 1. The zero-order valence-corrected chi connectivity index (χ0v) is 11.3. The Morgan fingerprint density at radius 1 is 1.20 bits per heavy atom. The summed E-state index contributed by atoms with van der Waals surface area (Å²) in [4.78, 5) is 0. The van der Waals surface area contributed by atoms with Gasteiger partial charge in [0.25, 0.3) is 0 Å². The van der Waals surface area contributed by atoms with Gasteiger partial charge in [0.15, 0.2) is 0 Å². The van der Waals surface area contributed by atoms with Crippen molar-refractivity contribution in [2.45, 2.75) is 19.1 Å². The molecule has 2 atom stereocenters. The van der Waals surface area contributed by atoms with E-state index in [1.54, 1.807) is 19.1 Å². The van der Waals surface area contributed by atoms with Gasteiger partial charge in [-0.25, -0.2) is 4.39 Å². The van der Waals surface area contributed by atoms with Gasteiger partial charge in [-0.1, -0.05) is 36.4 Å². The Bertz CT molecular complexity index is 558. The molecule has 0 aliphatic rings. The summed E-state index contributed by atoms with van der Waals surface area (Å²) >= 11 is 0. The normalized spacial score (nSPS) is 13.8. The van der Waals surface area contributed by atoms with Crippen molar-refractivity contribution in [1.82, 2.24) is 0 Å². The Balaban J connectivity index is 1.99. The number of rotatable bonds is 5. The van der Waals surface area contributed by atoms with E-state index in [-0.39, 0.29) is 12.6 Å². The molecule has 4 heteroatoms. The van der Waals surface area contributed by atoms with Gasteiger partial charge in [0, 0.05) is 17.7 Å². The number of nitrogens with two attached hydrogens (primary N) is 1. The van der Waals surface area contributed by atoms with Crippen molar-refractivity contribution in [3.8, 4) is 5.75 Å². The van der Waals surface area contributed by atoms with E-state index >= 15 is 0 Å². The highest BCUT2D eigenvalue weighted by Gasteiger charge is 2.10. The third-order valence-electron chi connectivity index (χ3n) is 3.05. The van der Waals surface area contributed by atoms with Crippen LogP contribution in [0.2, 0.25) is 0 Å². The van der Waals surface area contributed by atoms with Gasteiger partial charge in [0.1, 0.15) is 24.3 Å². The third-order valence-corrected chi connectivity index (χ3v) is 3.05. The number of hydrogen-bond donors (Lipinski definition) is 2. The van der Waals surface area contributed by atoms with Crippen LogP contribution in [0.4, 0.5) is 4.39 Å². The Labute approximate surface area is 117 Å². The second-order valence-electron chi connectivity index (χ2n) is 4.71. The van der Waals surface area contributed by atoms with Crippen molar-refractivity contribution >= 4 is 0 Å². The quantitative estimate of drug-likeness (QED) is 0.882. The smallest absolute Gasteiger partial charge is 0.131 e. The summed E-state index contributed by atoms with van der Waals surface area (Å²) in [5.74, 6) is -0.0198. The third kappa shape index (κ3) is 3.56. The fourth-order valence-electron chi connectivity index (χ4n) is 1.91. The first-order valence-corrected chi connectivity index (χ1v) is 6.48. The predicted octanol–water partition coefficient (Wildman–Crippen LogP) is 2.96. The van der Waals surface area contributed by atoms with Crippen LogP contribution < -0.4 is 10.5 Å². The van der Waals surface area contributed by atoms with Crippen LogP contribution in [0.25, 0.3) is 0 Å². The molecular formula is C16H18FNO2. The molecule has 0 fully saturated rings. The second-order valence-corrected chi connectivity index (χ2v) is 4.71. The summed E-state index contributed by atoms with van der Waals surface area (Å²) < 4.78 is 19.1. The Hall–Kier alpha value is -1.91. The number of benzene rings is 2. The number of aliphatic hydroxyl groups is 1.